The van der Waals surface area contributed by atoms with E-state index in [1.165, 1.54) is 31.7 Å². The minimum atomic E-state index is -0.150. The molecule has 1 saturated carbocycles. The van der Waals surface area contributed by atoms with Crippen LogP contribution in [0.1, 0.15) is 31.2 Å². The molecule has 2 nitrogen and oxygen atoms in total. The highest BCUT2D eigenvalue weighted by molar-refractivity contribution is 6.30. The van der Waals surface area contributed by atoms with E-state index in [2.05, 4.69) is 10.2 Å². The first-order valence-electron chi connectivity index (χ1n) is 7.08. The standard InChI is InChI=1S/C15H20ClFN2/c16-13-3-4-14(17)12(9-13)10-19-8-7-18-15(11-19)5-1-2-6-15/h3-4,9,18H,1-2,5-8,10-11H2. The quantitative estimate of drug-likeness (QED) is 0.896. The predicted molar refractivity (Wildman–Crippen MR) is 75.9 cm³/mol. The number of nitrogens with zero attached hydrogens (tertiary/aromatic N) is 1. The average molecular weight is 283 g/mol. The van der Waals surface area contributed by atoms with E-state index >= 15 is 0 Å². The van der Waals surface area contributed by atoms with Crippen molar-refractivity contribution in [2.45, 2.75) is 37.8 Å². The molecule has 0 aromatic heterocycles. The number of halogens is 2. The minimum Gasteiger partial charge on any atom is -0.309 e. The van der Waals surface area contributed by atoms with E-state index in [1.54, 1.807) is 12.1 Å². The molecule has 2 fully saturated rings. The zero-order valence-corrected chi connectivity index (χ0v) is 11.8. The van der Waals surface area contributed by atoms with Crippen LogP contribution in [0.5, 0.6) is 0 Å². The highest BCUT2D eigenvalue weighted by Gasteiger charge is 2.37. The highest BCUT2D eigenvalue weighted by atomic mass is 35.5. The fraction of sp³-hybridized carbons (Fsp3) is 0.600. The van der Waals surface area contributed by atoms with E-state index in [4.69, 9.17) is 11.6 Å². The summed E-state index contributed by atoms with van der Waals surface area (Å²) in [6, 6.07) is 4.82. The topological polar surface area (TPSA) is 15.3 Å². The summed E-state index contributed by atoms with van der Waals surface area (Å²) in [5, 5.41) is 4.29. The second-order valence-corrected chi connectivity index (χ2v) is 6.30. The van der Waals surface area contributed by atoms with Crippen LogP contribution in [0.3, 0.4) is 0 Å². The smallest absolute Gasteiger partial charge is 0.127 e. The molecule has 3 rings (SSSR count). The van der Waals surface area contributed by atoms with Gasteiger partial charge in [0.25, 0.3) is 0 Å². The zero-order valence-electron chi connectivity index (χ0n) is 11.1. The molecule has 4 heteroatoms. The lowest BCUT2D eigenvalue weighted by molar-refractivity contribution is 0.127. The van der Waals surface area contributed by atoms with Gasteiger partial charge in [-0.05, 0) is 31.0 Å². The van der Waals surface area contributed by atoms with Crippen molar-refractivity contribution in [3.63, 3.8) is 0 Å². The number of rotatable bonds is 2. The van der Waals surface area contributed by atoms with Crippen LogP contribution in [0.2, 0.25) is 5.02 Å². The molecule has 1 aromatic rings. The van der Waals surface area contributed by atoms with Crippen molar-refractivity contribution in [1.82, 2.24) is 10.2 Å². The summed E-state index contributed by atoms with van der Waals surface area (Å²) in [6.45, 7) is 3.67. The van der Waals surface area contributed by atoms with Crippen LogP contribution in [0, 0.1) is 5.82 Å². The second-order valence-electron chi connectivity index (χ2n) is 5.86. The Hall–Kier alpha value is -0.640. The van der Waals surface area contributed by atoms with Gasteiger partial charge < -0.3 is 5.32 Å². The molecule has 0 amide bonds. The van der Waals surface area contributed by atoms with E-state index in [-0.39, 0.29) is 11.4 Å². The summed E-state index contributed by atoms with van der Waals surface area (Å²) >= 11 is 5.96. The van der Waals surface area contributed by atoms with Crippen molar-refractivity contribution in [2.24, 2.45) is 0 Å². The van der Waals surface area contributed by atoms with Gasteiger partial charge in [-0.1, -0.05) is 24.4 Å². The third-order valence-corrected chi connectivity index (χ3v) is 4.65. The van der Waals surface area contributed by atoms with Crippen molar-refractivity contribution < 1.29 is 4.39 Å². The van der Waals surface area contributed by atoms with Crippen molar-refractivity contribution in [2.75, 3.05) is 19.6 Å². The normalized spacial score (nSPS) is 23.1. The second kappa shape index (κ2) is 5.39. The monoisotopic (exact) mass is 282 g/mol. The Morgan fingerprint density at radius 1 is 1.32 bits per heavy atom. The molecule has 19 heavy (non-hydrogen) atoms. The molecule has 2 aliphatic rings. The van der Waals surface area contributed by atoms with Gasteiger partial charge >= 0.3 is 0 Å². The Labute approximate surface area is 118 Å². The van der Waals surface area contributed by atoms with Crippen LogP contribution < -0.4 is 5.32 Å². The number of hydrogen-bond donors (Lipinski definition) is 1. The molecule has 0 unspecified atom stereocenters. The van der Waals surface area contributed by atoms with Gasteiger partial charge in [-0.2, -0.15) is 0 Å². The third kappa shape index (κ3) is 2.93. The largest absolute Gasteiger partial charge is 0.309 e. The maximum Gasteiger partial charge on any atom is 0.127 e. The number of piperazine rings is 1. The molecule has 1 spiro atoms. The fourth-order valence-corrected chi connectivity index (χ4v) is 3.66. The lowest BCUT2D eigenvalue weighted by atomic mass is 9.94. The Kier molecular flexibility index (Phi) is 3.79. The Morgan fingerprint density at radius 3 is 2.89 bits per heavy atom. The molecule has 1 heterocycles. The van der Waals surface area contributed by atoms with Gasteiger partial charge in [0.15, 0.2) is 0 Å². The highest BCUT2D eigenvalue weighted by Crippen LogP contribution is 2.32. The van der Waals surface area contributed by atoms with Crippen molar-refractivity contribution in [3.8, 4) is 0 Å². The van der Waals surface area contributed by atoms with Gasteiger partial charge in [0.1, 0.15) is 5.82 Å². The summed E-state index contributed by atoms with van der Waals surface area (Å²) in [7, 11) is 0. The Morgan fingerprint density at radius 2 is 2.11 bits per heavy atom. The molecule has 0 atom stereocenters. The van der Waals surface area contributed by atoms with Crippen LogP contribution in [0.4, 0.5) is 4.39 Å². The SMILES string of the molecule is Fc1ccc(Cl)cc1CN1CCNC2(CCCC2)C1. The Balaban J connectivity index is 1.70. The average Bonchev–Trinajstić information content (AvgIpc) is 2.82. The summed E-state index contributed by atoms with van der Waals surface area (Å²) in [5.41, 5.74) is 0.996. The van der Waals surface area contributed by atoms with Crippen LogP contribution in [0.15, 0.2) is 18.2 Å². The number of benzene rings is 1. The summed E-state index contributed by atoms with van der Waals surface area (Å²) < 4.78 is 13.8. The van der Waals surface area contributed by atoms with E-state index in [0.29, 0.717) is 17.1 Å². The van der Waals surface area contributed by atoms with Crippen molar-refractivity contribution in [1.29, 1.82) is 0 Å². The maximum atomic E-state index is 13.8. The number of nitrogens with one attached hydrogen (secondary N) is 1. The number of hydrogen-bond acceptors (Lipinski definition) is 2. The lowest BCUT2D eigenvalue weighted by Crippen LogP contribution is -2.58. The van der Waals surface area contributed by atoms with Crippen molar-refractivity contribution >= 4 is 11.6 Å². The molecular formula is C15H20ClFN2. The first-order valence-corrected chi connectivity index (χ1v) is 7.46. The van der Waals surface area contributed by atoms with Crippen LogP contribution in [-0.2, 0) is 6.54 Å². The summed E-state index contributed by atoms with van der Waals surface area (Å²) in [6.07, 6.45) is 5.13. The first kappa shape index (κ1) is 13.3. The van der Waals surface area contributed by atoms with E-state index in [0.717, 1.165) is 19.6 Å². The summed E-state index contributed by atoms with van der Waals surface area (Å²) in [5.74, 6) is -0.150. The van der Waals surface area contributed by atoms with Crippen LogP contribution >= 0.6 is 11.6 Å². The molecule has 0 radical (unpaired) electrons. The van der Waals surface area contributed by atoms with E-state index in [9.17, 15) is 4.39 Å². The molecule has 1 aromatic carbocycles. The molecule has 1 aliphatic heterocycles. The van der Waals surface area contributed by atoms with Crippen LogP contribution in [-0.4, -0.2) is 30.1 Å². The molecule has 1 saturated heterocycles. The molecule has 1 N–H and O–H groups in total. The molecule has 1 aliphatic carbocycles. The third-order valence-electron chi connectivity index (χ3n) is 4.42. The van der Waals surface area contributed by atoms with Gasteiger partial charge in [-0.3, -0.25) is 4.90 Å². The summed E-state index contributed by atoms with van der Waals surface area (Å²) in [4.78, 5) is 2.36. The van der Waals surface area contributed by atoms with Gasteiger partial charge in [0, 0.05) is 42.3 Å². The van der Waals surface area contributed by atoms with Crippen LogP contribution in [0.25, 0.3) is 0 Å². The van der Waals surface area contributed by atoms with Gasteiger partial charge in [-0.15, -0.1) is 0 Å². The first-order chi connectivity index (χ1) is 9.17. The zero-order chi connectivity index (χ0) is 13.3. The molecular weight excluding hydrogens is 263 g/mol. The van der Waals surface area contributed by atoms with E-state index in [1.807, 2.05) is 0 Å². The fourth-order valence-electron chi connectivity index (χ4n) is 3.47. The molecule has 0 bridgehead atoms. The van der Waals surface area contributed by atoms with E-state index < -0.39 is 0 Å². The Bertz CT molecular complexity index is 457. The van der Waals surface area contributed by atoms with Gasteiger partial charge in [0.2, 0.25) is 0 Å². The van der Waals surface area contributed by atoms with Gasteiger partial charge in [0.05, 0.1) is 0 Å². The van der Waals surface area contributed by atoms with Crippen molar-refractivity contribution in [3.05, 3.63) is 34.6 Å². The van der Waals surface area contributed by atoms with Gasteiger partial charge in [-0.25, -0.2) is 4.39 Å². The molecule has 104 valence electrons. The lowest BCUT2D eigenvalue weighted by Gasteiger charge is -2.41. The maximum absolute atomic E-state index is 13.8. The predicted octanol–water partition coefficient (Wildman–Crippen LogP) is 3.20. The minimum absolute atomic E-state index is 0.150.